The molecule has 0 unspecified atom stereocenters. The number of aromatic nitrogens is 3. The molecule has 5 heteroatoms. The lowest BCUT2D eigenvalue weighted by molar-refractivity contribution is 0.0764. The first-order chi connectivity index (χ1) is 8.68. The Morgan fingerprint density at radius 1 is 1.33 bits per heavy atom. The van der Waals surface area contributed by atoms with Crippen molar-refractivity contribution in [2.24, 2.45) is 0 Å². The Labute approximate surface area is 111 Å². The van der Waals surface area contributed by atoms with E-state index in [9.17, 15) is 5.11 Å². The van der Waals surface area contributed by atoms with E-state index in [-0.39, 0.29) is 12.1 Å². The van der Waals surface area contributed by atoms with Crippen LogP contribution in [0.25, 0.3) is 11.0 Å². The van der Waals surface area contributed by atoms with E-state index in [1.165, 1.54) is 6.33 Å². The van der Waals surface area contributed by atoms with E-state index in [0.717, 1.165) is 42.4 Å². The molecule has 0 spiro atoms. The van der Waals surface area contributed by atoms with E-state index in [2.05, 4.69) is 14.5 Å². The second-order valence-corrected chi connectivity index (χ2v) is 5.33. The summed E-state index contributed by atoms with van der Waals surface area (Å²) in [5.41, 5.74) is 1.91. The Morgan fingerprint density at radius 2 is 2.11 bits per heavy atom. The van der Waals surface area contributed by atoms with E-state index in [4.69, 9.17) is 11.6 Å². The minimum atomic E-state index is -0.290. The van der Waals surface area contributed by atoms with Gasteiger partial charge in [0.1, 0.15) is 17.1 Å². The van der Waals surface area contributed by atoms with Gasteiger partial charge in [-0.2, -0.15) is 0 Å². The van der Waals surface area contributed by atoms with Crippen molar-refractivity contribution in [3.63, 3.8) is 0 Å². The average molecular weight is 266 g/mol. The third-order valence-corrected chi connectivity index (χ3v) is 4.10. The standard InChI is InChI=1S/C13H16ClN3O/c1-8-6-9-12(14)15-7-16-13(9)17(8)10-4-2-3-5-11(10)18/h6-7,10-11,18H,2-5H2,1H3/t10-,11-/m0/s1. The number of aliphatic hydroxyl groups excluding tert-OH is 1. The minimum Gasteiger partial charge on any atom is -0.391 e. The van der Waals surface area contributed by atoms with E-state index < -0.39 is 0 Å². The summed E-state index contributed by atoms with van der Waals surface area (Å²) in [6, 6.07) is 2.11. The summed E-state index contributed by atoms with van der Waals surface area (Å²) in [6.45, 7) is 2.03. The Bertz CT molecular complexity index is 581. The van der Waals surface area contributed by atoms with E-state index in [1.807, 2.05) is 13.0 Å². The monoisotopic (exact) mass is 265 g/mol. The number of nitrogens with zero attached hydrogens (tertiary/aromatic N) is 3. The van der Waals surface area contributed by atoms with Crippen LogP contribution in [0.1, 0.15) is 37.4 Å². The van der Waals surface area contributed by atoms with Crippen LogP contribution < -0.4 is 0 Å². The van der Waals surface area contributed by atoms with Crippen LogP contribution >= 0.6 is 11.6 Å². The highest BCUT2D eigenvalue weighted by Crippen LogP contribution is 2.34. The molecular formula is C13H16ClN3O. The largest absolute Gasteiger partial charge is 0.391 e. The molecule has 2 aromatic rings. The van der Waals surface area contributed by atoms with Crippen molar-refractivity contribution in [3.05, 3.63) is 23.2 Å². The van der Waals surface area contributed by atoms with Gasteiger partial charge in [0.25, 0.3) is 0 Å². The molecule has 1 N–H and O–H groups in total. The molecule has 1 fully saturated rings. The number of aliphatic hydroxyl groups is 1. The van der Waals surface area contributed by atoms with Crippen molar-refractivity contribution in [2.45, 2.75) is 44.8 Å². The fourth-order valence-electron chi connectivity index (χ4n) is 2.94. The summed E-state index contributed by atoms with van der Waals surface area (Å²) in [5, 5.41) is 11.5. The smallest absolute Gasteiger partial charge is 0.145 e. The van der Waals surface area contributed by atoms with Crippen LogP contribution in [0.3, 0.4) is 0 Å². The van der Waals surface area contributed by atoms with Crippen molar-refractivity contribution in [1.29, 1.82) is 0 Å². The SMILES string of the molecule is Cc1cc2c(Cl)ncnc2n1[C@H]1CCCC[C@@H]1O. The van der Waals surface area contributed by atoms with Crippen molar-refractivity contribution in [1.82, 2.24) is 14.5 Å². The van der Waals surface area contributed by atoms with Gasteiger partial charge in [-0.05, 0) is 25.8 Å². The van der Waals surface area contributed by atoms with Gasteiger partial charge in [-0.25, -0.2) is 9.97 Å². The normalized spacial score (nSPS) is 24.6. The van der Waals surface area contributed by atoms with Gasteiger partial charge in [-0.3, -0.25) is 0 Å². The fourth-order valence-corrected chi connectivity index (χ4v) is 3.12. The molecule has 0 bridgehead atoms. The summed E-state index contributed by atoms with van der Waals surface area (Å²) in [6.07, 6.45) is 5.30. The molecule has 3 rings (SSSR count). The van der Waals surface area contributed by atoms with Crippen LogP contribution in [0.15, 0.2) is 12.4 Å². The summed E-state index contributed by atoms with van der Waals surface area (Å²) in [5.74, 6) is 0. The lowest BCUT2D eigenvalue weighted by atomic mass is 9.92. The van der Waals surface area contributed by atoms with Gasteiger partial charge in [0.15, 0.2) is 0 Å². The zero-order valence-electron chi connectivity index (χ0n) is 10.3. The van der Waals surface area contributed by atoms with Gasteiger partial charge >= 0.3 is 0 Å². The molecule has 1 aliphatic rings. The first kappa shape index (κ1) is 11.9. The van der Waals surface area contributed by atoms with E-state index >= 15 is 0 Å². The van der Waals surface area contributed by atoms with Crippen LogP contribution in [0, 0.1) is 6.92 Å². The number of hydrogen-bond acceptors (Lipinski definition) is 3. The molecule has 2 atom stereocenters. The minimum absolute atomic E-state index is 0.113. The maximum atomic E-state index is 10.2. The molecule has 96 valence electrons. The molecule has 1 aliphatic carbocycles. The zero-order chi connectivity index (χ0) is 12.7. The predicted octanol–water partition coefficient (Wildman–Crippen LogP) is 2.87. The van der Waals surface area contributed by atoms with Crippen molar-refractivity contribution in [2.75, 3.05) is 0 Å². The number of aryl methyl sites for hydroxylation is 1. The molecule has 0 amide bonds. The third-order valence-electron chi connectivity index (χ3n) is 3.80. The lowest BCUT2D eigenvalue weighted by Gasteiger charge is -2.30. The Hall–Kier alpha value is -1.13. The van der Waals surface area contributed by atoms with Gasteiger partial charge in [0.05, 0.1) is 17.5 Å². The predicted molar refractivity (Wildman–Crippen MR) is 70.8 cm³/mol. The van der Waals surface area contributed by atoms with Crippen molar-refractivity contribution in [3.8, 4) is 0 Å². The number of halogens is 1. The highest BCUT2D eigenvalue weighted by Gasteiger charge is 2.27. The molecule has 1 saturated carbocycles. The first-order valence-electron chi connectivity index (χ1n) is 6.34. The van der Waals surface area contributed by atoms with Gasteiger partial charge in [0.2, 0.25) is 0 Å². The average Bonchev–Trinajstić information content (AvgIpc) is 2.68. The summed E-state index contributed by atoms with van der Waals surface area (Å²) >= 11 is 6.09. The summed E-state index contributed by atoms with van der Waals surface area (Å²) < 4.78 is 2.12. The van der Waals surface area contributed by atoms with Gasteiger partial charge in [0, 0.05) is 5.69 Å². The number of hydrogen-bond donors (Lipinski definition) is 1. The van der Waals surface area contributed by atoms with Crippen molar-refractivity contribution >= 4 is 22.6 Å². The topological polar surface area (TPSA) is 50.9 Å². The molecular weight excluding hydrogens is 250 g/mol. The highest BCUT2D eigenvalue weighted by molar-refractivity contribution is 6.33. The van der Waals surface area contributed by atoms with Crippen LogP contribution in [-0.2, 0) is 0 Å². The molecule has 18 heavy (non-hydrogen) atoms. The van der Waals surface area contributed by atoms with Crippen LogP contribution in [0.2, 0.25) is 5.15 Å². The van der Waals surface area contributed by atoms with Crippen LogP contribution in [0.4, 0.5) is 0 Å². The second-order valence-electron chi connectivity index (χ2n) is 4.98. The maximum absolute atomic E-state index is 10.2. The van der Waals surface area contributed by atoms with E-state index in [0.29, 0.717) is 5.15 Å². The molecule has 0 radical (unpaired) electrons. The lowest BCUT2D eigenvalue weighted by Crippen LogP contribution is -2.28. The highest BCUT2D eigenvalue weighted by atomic mass is 35.5. The summed E-state index contributed by atoms with van der Waals surface area (Å²) in [4.78, 5) is 8.33. The third kappa shape index (κ3) is 1.80. The van der Waals surface area contributed by atoms with Crippen molar-refractivity contribution < 1.29 is 5.11 Å². The second kappa shape index (κ2) is 4.52. The van der Waals surface area contributed by atoms with Crippen LogP contribution in [-0.4, -0.2) is 25.7 Å². The van der Waals surface area contributed by atoms with Gasteiger partial charge in [-0.1, -0.05) is 24.4 Å². The number of rotatable bonds is 1. The van der Waals surface area contributed by atoms with Gasteiger partial charge < -0.3 is 9.67 Å². The Balaban J connectivity index is 2.16. The molecule has 2 heterocycles. The Morgan fingerprint density at radius 3 is 2.89 bits per heavy atom. The Kier molecular flexibility index (Phi) is 2.99. The fraction of sp³-hybridized carbons (Fsp3) is 0.538. The quantitative estimate of drug-likeness (QED) is 0.807. The molecule has 0 aromatic carbocycles. The first-order valence-corrected chi connectivity index (χ1v) is 6.72. The molecule has 4 nitrogen and oxygen atoms in total. The number of fused-ring (bicyclic) bond motifs is 1. The molecule has 0 aliphatic heterocycles. The van der Waals surface area contributed by atoms with E-state index in [1.54, 1.807) is 0 Å². The van der Waals surface area contributed by atoms with Gasteiger partial charge in [-0.15, -0.1) is 0 Å². The summed E-state index contributed by atoms with van der Waals surface area (Å²) in [7, 11) is 0. The molecule has 2 aromatic heterocycles. The van der Waals surface area contributed by atoms with Crippen LogP contribution in [0.5, 0.6) is 0 Å². The maximum Gasteiger partial charge on any atom is 0.145 e. The zero-order valence-corrected chi connectivity index (χ0v) is 11.1. The molecule has 0 saturated heterocycles.